The normalized spacial score (nSPS) is 25.0. The minimum Gasteiger partial charge on any atom is -0.378 e. The number of ether oxygens (including phenoxy) is 1. The van der Waals surface area contributed by atoms with Gasteiger partial charge in [0.15, 0.2) is 0 Å². The largest absolute Gasteiger partial charge is 0.378 e. The maximum Gasteiger partial charge on any atom is 0.331 e. The molecule has 22 heavy (non-hydrogen) atoms. The van der Waals surface area contributed by atoms with Crippen LogP contribution in [0.1, 0.15) is 49.9 Å². The smallest absolute Gasteiger partial charge is 0.331 e. The molecule has 0 bridgehead atoms. The van der Waals surface area contributed by atoms with Crippen LogP contribution in [0.2, 0.25) is 0 Å². The molecule has 3 rings (SSSR count). The number of nitrogens with zero attached hydrogens (tertiary/aromatic N) is 3. The Morgan fingerprint density at radius 1 is 1.32 bits per heavy atom. The summed E-state index contributed by atoms with van der Waals surface area (Å²) in [6, 6.07) is 2.14. The average Bonchev–Trinajstić information content (AvgIpc) is 3.29. The van der Waals surface area contributed by atoms with Gasteiger partial charge in [-0.05, 0) is 45.4 Å². The van der Waals surface area contributed by atoms with E-state index >= 15 is 0 Å². The molecule has 0 amide bonds. The lowest BCUT2D eigenvalue weighted by molar-refractivity contribution is -0.00161. The monoisotopic (exact) mass is 303 g/mol. The second-order valence-corrected chi connectivity index (χ2v) is 6.44. The third kappa shape index (κ3) is 2.61. The van der Waals surface area contributed by atoms with Gasteiger partial charge in [0.2, 0.25) is 0 Å². The molecule has 0 aromatic carbocycles. The van der Waals surface area contributed by atoms with Gasteiger partial charge >= 0.3 is 5.69 Å². The molecule has 2 heterocycles. The second-order valence-electron chi connectivity index (χ2n) is 6.44. The summed E-state index contributed by atoms with van der Waals surface area (Å²) in [6.45, 7) is 4.75. The number of hydrogen-bond acceptors (Lipinski definition) is 4. The second kappa shape index (κ2) is 5.73. The highest BCUT2D eigenvalue weighted by molar-refractivity contribution is 5.31. The molecule has 118 valence electrons. The summed E-state index contributed by atoms with van der Waals surface area (Å²) in [5.41, 5.74) is -0.0904. The van der Waals surface area contributed by atoms with Crippen molar-refractivity contribution in [1.82, 2.24) is 9.13 Å². The van der Waals surface area contributed by atoms with E-state index in [1.165, 1.54) is 4.57 Å². The van der Waals surface area contributed by atoms with E-state index in [2.05, 4.69) is 0 Å². The molecule has 0 radical (unpaired) electrons. The molecule has 2 aliphatic rings. The van der Waals surface area contributed by atoms with Crippen molar-refractivity contribution < 1.29 is 4.74 Å². The van der Waals surface area contributed by atoms with Gasteiger partial charge in [0, 0.05) is 24.9 Å². The van der Waals surface area contributed by atoms with E-state index in [4.69, 9.17) is 4.74 Å². The maximum absolute atomic E-state index is 12.7. The van der Waals surface area contributed by atoms with E-state index in [0.29, 0.717) is 18.8 Å². The Morgan fingerprint density at radius 2 is 2.05 bits per heavy atom. The van der Waals surface area contributed by atoms with Crippen molar-refractivity contribution in [3.05, 3.63) is 32.1 Å². The summed E-state index contributed by atoms with van der Waals surface area (Å²) in [7, 11) is 0. The molecule has 1 aliphatic heterocycles. The van der Waals surface area contributed by atoms with Gasteiger partial charge in [-0.1, -0.05) is 0 Å². The van der Waals surface area contributed by atoms with Crippen LogP contribution in [0.5, 0.6) is 0 Å². The predicted octanol–water partition coefficient (Wildman–Crippen LogP) is 1.34. The average molecular weight is 303 g/mol. The van der Waals surface area contributed by atoms with E-state index in [1.54, 1.807) is 11.5 Å². The summed E-state index contributed by atoms with van der Waals surface area (Å²) < 4.78 is 8.43. The number of rotatable bonds is 3. The fraction of sp³-hybridized carbons (Fsp3) is 0.688. The van der Waals surface area contributed by atoms with Gasteiger partial charge in [-0.15, -0.1) is 0 Å². The number of hydrogen-bond donors (Lipinski definition) is 0. The molecule has 6 heteroatoms. The zero-order valence-electron chi connectivity index (χ0n) is 13.0. The molecular formula is C16H21N3O3. The van der Waals surface area contributed by atoms with Gasteiger partial charge in [0.25, 0.3) is 5.56 Å². The molecule has 2 unspecified atom stereocenters. The summed E-state index contributed by atoms with van der Waals surface area (Å²) in [5, 5.41) is 9.29. The molecule has 6 nitrogen and oxygen atoms in total. The van der Waals surface area contributed by atoms with Crippen molar-refractivity contribution >= 4 is 0 Å². The first-order chi connectivity index (χ1) is 10.5. The van der Waals surface area contributed by atoms with Crippen LogP contribution in [-0.2, 0) is 11.3 Å². The zero-order valence-corrected chi connectivity index (χ0v) is 13.0. The summed E-state index contributed by atoms with van der Waals surface area (Å²) >= 11 is 0. The van der Waals surface area contributed by atoms with Crippen molar-refractivity contribution in [3.8, 4) is 6.07 Å². The van der Waals surface area contributed by atoms with Crippen molar-refractivity contribution in [3.63, 3.8) is 0 Å². The maximum atomic E-state index is 12.7. The molecule has 0 spiro atoms. The van der Waals surface area contributed by atoms with Crippen LogP contribution in [-0.4, -0.2) is 21.8 Å². The van der Waals surface area contributed by atoms with Crippen LogP contribution >= 0.6 is 0 Å². The van der Waals surface area contributed by atoms with E-state index in [1.807, 2.05) is 13.0 Å². The predicted molar refractivity (Wildman–Crippen MR) is 80.8 cm³/mol. The Kier molecular flexibility index (Phi) is 3.92. The Hall–Kier alpha value is -1.87. The molecule has 1 saturated carbocycles. The Balaban J connectivity index is 2.03. The number of aromatic nitrogens is 2. The molecule has 2 atom stereocenters. The molecule has 1 aromatic rings. The van der Waals surface area contributed by atoms with Crippen molar-refractivity contribution in [1.29, 1.82) is 5.26 Å². The SMILES string of the molecule is Cc1c(C#N)c(=O)n(CC2CCOC(C)C2)c(=O)n1C1CC1. The van der Waals surface area contributed by atoms with Gasteiger partial charge in [-0.25, -0.2) is 4.79 Å². The molecule has 1 saturated heterocycles. The van der Waals surface area contributed by atoms with Crippen molar-refractivity contribution in [2.24, 2.45) is 5.92 Å². The highest BCUT2D eigenvalue weighted by Gasteiger charge is 2.30. The van der Waals surface area contributed by atoms with E-state index < -0.39 is 5.56 Å². The van der Waals surface area contributed by atoms with Gasteiger partial charge in [-0.3, -0.25) is 13.9 Å². The quantitative estimate of drug-likeness (QED) is 0.844. The lowest BCUT2D eigenvalue weighted by Gasteiger charge is -2.27. The summed E-state index contributed by atoms with van der Waals surface area (Å²) in [5.74, 6) is 0.246. The van der Waals surface area contributed by atoms with Gasteiger partial charge < -0.3 is 4.74 Å². The number of nitriles is 1. The van der Waals surface area contributed by atoms with Crippen LogP contribution in [0.3, 0.4) is 0 Å². The zero-order chi connectivity index (χ0) is 15.9. The molecule has 0 N–H and O–H groups in total. The van der Waals surface area contributed by atoms with Crippen molar-refractivity contribution in [2.45, 2.75) is 58.2 Å². The van der Waals surface area contributed by atoms with Crippen LogP contribution in [0, 0.1) is 24.2 Å². The fourth-order valence-electron chi connectivity index (χ4n) is 3.34. The fourth-order valence-corrected chi connectivity index (χ4v) is 3.34. The van der Waals surface area contributed by atoms with Gasteiger partial charge in [0.05, 0.1) is 6.10 Å². The minimum absolute atomic E-state index is 0.103. The summed E-state index contributed by atoms with van der Waals surface area (Å²) in [6.07, 6.45) is 3.72. The molecule has 1 aromatic heterocycles. The van der Waals surface area contributed by atoms with Crippen LogP contribution in [0.15, 0.2) is 9.59 Å². The molecule has 2 fully saturated rings. The third-order valence-electron chi connectivity index (χ3n) is 4.68. The first-order valence-corrected chi connectivity index (χ1v) is 7.90. The summed E-state index contributed by atoms with van der Waals surface area (Å²) in [4.78, 5) is 25.2. The highest BCUT2D eigenvalue weighted by atomic mass is 16.5. The lowest BCUT2D eigenvalue weighted by atomic mass is 9.96. The Morgan fingerprint density at radius 3 is 2.64 bits per heavy atom. The van der Waals surface area contributed by atoms with Crippen LogP contribution in [0.4, 0.5) is 0 Å². The highest BCUT2D eigenvalue weighted by Crippen LogP contribution is 2.34. The Bertz CT molecular complexity index is 737. The van der Waals surface area contributed by atoms with Gasteiger partial charge in [-0.2, -0.15) is 5.26 Å². The minimum atomic E-state index is -0.443. The lowest BCUT2D eigenvalue weighted by Crippen LogP contribution is -2.44. The standard InChI is InChI=1S/C16H21N3O3/c1-10-7-12(5-6-22-10)9-18-15(20)14(8-17)11(2)19(16(18)21)13-3-4-13/h10,12-13H,3-7,9H2,1-2H3. The first-order valence-electron chi connectivity index (χ1n) is 7.90. The van der Waals surface area contributed by atoms with Gasteiger partial charge in [0.1, 0.15) is 11.6 Å². The molecular weight excluding hydrogens is 282 g/mol. The first kappa shape index (κ1) is 15.0. The third-order valence-corrected chi connectivity index (χ3v) is 4.68. The van der Waals surface area contributed by atoms with E-state index in [9.17, 15) is 14.9 Å². The Labute approximate surface area is 128 Å². The molecule has 1 aliphatic carbocycles. The topological polar surface area (TPSA) is 77.0 Å². The van der Waals surface area contributed by atoms with Crippen molar-refractivity contribution in [2.75, 3.05) is 6.61 Å². The van der Waals surface area contributed by atoms with Crippen LogP contribution < -0.4 is 11.2 Å². The van der Waals surface area contributed by atoms with Crippen LogP contribution in [0.25, 0.3) is 0 Å². The van der Waals surface area contributed by atoms with E-state index in [0.717, 1.165) is 25.7 Å². The van der Waals surface area contributed by atoms with E-state index in [-0.39, 0.29) is 29.3 Å².